The van der Waals surface area contributed by atoms with Crippen molar-refractivity contribution in [3.8, 4) is 0 Å². The zero-order valence-corrected chi connectivity index (χ0v) is 11.6. The Kier molecular flexibility index (Phi) is 5.34. The highest BCUT2D eigenvalue weighted by Gasteiger charge is 2.25. The molecular formula is C13H15FN2O5. The molecule has 0 radical (unpaired) electrons. The third-order valence-corrected chi connectivity index (χ3v) is 3.08. The fraction of sp³-hybridized carbons (Fsp3) is 0.385. The van der Waals surface area contributed by atoms with Crippen molar-refractivity contribution in [2.75, 3.05) is 6.54 Å². The molecule has 114 valence electrons. The zero-order chi connectivity index (χ0) is 16.2. The van der Waals surface area contributed by atoms with Crippen molar-refractivity contribution in [3.63, 3.8) is 0 Å². The number of carboxylic acid groups (broad SMARTS) is 1. The molecule has 0 aliphatic carbocycles. The molecule has 0 spiro atoms. The van der Waals surface area contributed by atoms with Gasteiger partial charge in [0.1, 0.15) is 6.54 Å². The number of nitro benzene ring substituents is 1. The molecule has 1 aromatic rings. The molecule has 0 aliphatic heterocycles. The summed E-state index contributed by atoms with van der Waals surface area (Å²) < 4.78 is 13.5. The normalized spacial score (nSPS) is 11.8. The second kappa shape index (κ2) is 6.78. The summed E-state index contributed by atoms with van der Waals surface area (Å²) in [6.07, 6.45) is 0.522. The molecule has 0 fully saturated rings. The van der Waals surface area contributed by atoms with E-state index in [1.165, 1.54) is 0 Å². The number of carboxylic acids is 1. The van der Waals surface area contributed by atoms with E-state index in [1.807, 2.05) is 0 Å². The lowest BCUT2D eigenvalue weighted by Crippen LogP contribution is -2.41. The van der Waals surface area contributed by atoms with Gasteiger partial charge < -0.3 is 10.0 Å². The molecule has 0 bridgehead atoms. The number of nitrogens with zero attached hydrogens (tertiary/aromatic N) is 2. The highest BCUT2D eigenvalue weighted by Crippen LogP contribution is 2.20. The fourth-order valence-electron chi connectivity index (χ4n) is 1.75. The first-order valence-corrected chi connectivity index (χ1v) is 6.24. The summed E-state index contributed by atoms with van der Waals surface area (Å²) in [5.74, 6) is -3.00. The number of carbonyl (C=O) groups is 2. The predicted molar refractivity (Wildman–Crippen MR) is 71.5 cm³/mol. The van der Waals surface area contributed by atoms with Crippen molar-refractivity contribution < 1.29 is 24.0 Å². The van der Waals surface area contributed by atoms with Gasteiger partial charge in [0.05, 0.1) is 4.92 Å². The van der Waals surface area contributed by atoms with E-state index in [0.717, 1.165) is 23.1 Å². The first-order valence-electron chi connectivity index (χ1n) is 6.24. The maximum Gasteiger partial charge on any atom is 0.323 e. The molecule has 0 aliphatic rings. The quantitative estimate of drug-likeness (QED) is 0.640. The van der Waals surface area contributed by atoms with Gasteiger partial charge in [-0.2, -0.15) is 4.39 Å². The van der Waals surface area contributed by atoms with Crippen molar-refractivity contribution >= 4 is 17.6 Å². The molecule has 0 heterocycles. The van der Waals surface area contributed by atoms with E-state index < -0.39 is 34.8 Å². The number of benzene rings is 1. The Labute approximate surface area is 120 Å². The number of halogens is 1. The van der Waals surface area contributed by atoms with Crippen LogP contribution in [0.5, 0.6) is 0 Å². The van der Waals surface area contributed by atoms with Crippen LogP contribution < -0.4 is 0 Å². The maximum absolute atomic E-state index is 13.5. The third-order valence-electron chi connectivity index (χ3n) is 3.08. The van der Waals surface area contributed by atoms with Gasteiger partial charge >= 0.3 is 11.7 Å². The second-order valence-corrected chi connectivity index (χ2v) is 4.51. The van der Waals surface area contributed by atoms with Crippen LogP contribution in [0.15, 0.2) is 18.2 Å². The topological polar surface area (TPSA) is 101 Å². The molecule has 1 aromatic carbocycles. The van der Waals surface area contributed by atoms with Crippen LogP contribution in [0.4, 0.5) is 10.1 Å². The van der Waals surface area contributed by atoms with Gasteiger partial charge in [-0.3, -0.25) is 19.7 Å². The average Bonchev–Trinajstić information content (AvgIpc) is 2.42. The highest BCUT2D eigenvalue weighted by molar-refractivity contribution is 5.96. The van der Waals surface area contributed by atoms with Crippen LogP contribution in [0.25, 0.3) is 0 Å². The van der Waals surface area contributed by atoms with Gasteiger partial charge in [-0.25, -0.2) is 0 Å². The monoisotopic (exact) mass is 298 g/mol. The minimum Gasteiger partial charge on any atom is -0.480 e. The number of aliphatic carboxylic acids is 1. The number of amides is 1. The van der Waals surface area contributed by atoms with E-state index in [9.17, 15) is 24.1 Å². The molecular weight excluding hydrogens is 283 g/mol. The molecule has 1 amide bonds. The van der Waals surface area contributed by atoms with Crippen molar-refractivity contribution in [1.82, 2.24) is 4.90 Å². The molecule has 1 rings (SSSR count). The van der Waals surface area contributed by atoms with Crippen molar-refractivity contribution in [3.05, 3.63) is 39.7 Å². The molecule has 0 aromatic heterocycles. The molecule has 1 unspecified atom stereocenters. The molecule has 7 nitrogen and oxygen atoms in total. The molecule has 21 heavy (non-hydrogen) atoms. The Balaban J connectivity index is 3.11. The lowest BCUT2D eigenvalue weighted by atomic mass is 10.1. The van der Waals surface area contributed by atoms with Crippen LogP contribution in [-0.2, 0) is 4.79 Å². The first kappa shape index (κ1) is 16.5. The fourth-order valence-corrected chi connectivity index (χ4v) is 1.75. The number of nitro groups is 1. The Hall–Kier alpha value is -2.51. The van der Waals surface area contributed by atoms with Gasteiger partial charge in [0, 0.05) is 17.7 Å². The van der Waals surface area contributed by atoms with Crippen LogP contribution in [0.3, 0.4) is 0 Å². The molecule has 1 N–H and O–H groups in total. The van der Waals surface area contributed by atoms with Crippen molar-refractivity contribution in [1.29, 1.82) is 0 Å². The Morgan fingerprint density at radius 2 is 2.10 bits per heavy atom. The van der Waals surface area contributed by atoms with Crippen LogP contribution in [0.2, 0.25) is 0 Å². The van der Waals surface area contributed by atoms with Crippen LogP contribution >= 0.6 is 0 Å². The first-order chi connectivity index (χ1) is 9.77. The molecule has 1 atom stereocenters. The summed E-state index contributed by atoms with van der Waals surface area (Å²) >= 11 is 0. The van der Waals surface area contributed by atoms with E-state index in [0.29, 0.717) is 6.42 Å². The van der Waals surface area contributed by atoms with Crippen LogP contribution in [0.1, 0.15) is 30.6 Å². The van der Waals surface area contributed by atoms with E-state index in [1.54, 1.807) is 13.8 Å². The summed E-state index contributed by atoms with van der Waals surface area (Å²) in [5.41, 5.74) is -0.862. The maximum atomic E-state index is 13.5. The van der Waals surface area contributed by atoms with E-state index in [-0.39, 0.29) is 11.6 Å². The Bertz CT molecular complexity index is 576. The standard InChI is InChI=1S/C13H15FN2O5/c1-3-8(2)15(7-12(17)18)13(19)9-4-5-11(16(20)21)10(14)6-9/h4-6,8H,3,7H2,1-2H3,(H,17,18). The minimum atomic E-state index is -1.19. The lowest BCUT2D eigenvalue weighted by molar-refractivity contribution is -0.387. The van der Waals surface area contributed by atoms with E-state index in [2.05, 4.69) is 0 Å². The van der Waals surface area contributed by atoms with Gasteiger partial charge in [0.2, 0.25) is 5.82 Å². The number of hydrogen-bond acceptors (Lipinski definition) is 4. The summed E-state index contributed by atoms with van der Waals surface area (Å²) in [7, 11) is 0. The van der Waals surface area contributed by atoms with Gasteiger partial charge in [0.15, 0.2) is 0 Å². The van der Waals surface area contributed by atoms with Crippen LogP contribution in [0, 0.1) is 15.9 Å². The number of rotatable bonds is 6. The van der Waals surface area contributed by atoms with Gasteiger partial charge in [0.25, 0.3) is 5.91 Å². The van der Waals surface area contributed by atoms with E-state index >= 15 is 0 Å². The summed E-state index contributed by atoms with van der Waals surface area (Å²) in [4.78, 5) is 33.8. The highest BCUT2D eigenvalue weighted by atomic mass is 19.1. The summed E-state index contributed by atoms with van der Waals surface area (Å²) in [5, 5.41) is 19.4. The van der Waals surface area contributed by atoms with Crippen molar-refractivity contribution in [2.24, 2.45) is 0 Å². The lowest BCUT2D eigenvalue weighted by Gasteiger charge is -2.27. The van der Waals surface area contributed by atoms with E-state index in [4.69, 9.17) is 5.11 Å². The SMILES string of the molecule is CCC(C)N(CC(=O)O)C(=O)c1ccc([N+](=O)[O-])c(F)c1. The van der Waals surface area contributed by atoms with Gasteiger partial charge in [-0.1, -0.05) is 6.92 Å². The summed E-state index contributed by atoms with van der Waals surface area (Å²) in [6.45, 7) is 2.93. The van der Waals surface area contributed by atoms with Crippen LogP contribution in [-0.4, -0.2) is 39.4 Å². The zero-order valence-electron chi connectivity index (χ0n) is 11.6. The Morgan fingerprint density at radius 3 is 2.52 bits per heavy atom. The molecule has 0 saturated carbocycles. The summed E-state index contributed by atoms with van der Waals surface area (Å²) in [6, 6.07) is 2.39. The number of carbonyl (C=O) groups excluding carboxylic acids is 1. The minimum absolute atomic E-state index is 0.125. The predicted octanol–water partition coefficient (Wildman–Crippen LogP) is 2.06. The third kappa shape index (κ3) is 3.98. The smallest absolute Gasteiger partial charge is 0.323 e. The van der Waals surface area contributed by atoms with Crippen molar-refractivity contribution in [2.45, 2.75) is 26.3 Å². The molecule has 0 saturated heterocycles. The second-order valence-electron chi connectivity index (χ2n) is 4.51. The largest absolute Gasteiger partial charge is 0.480 e. The van der Waals surface area contributed by atoms with Gasteiger partial charge in [-0.05, 0) is 25.5 Å². The van der Waals surface area contributed by atoms with Gasteiger partial charge in [-0.15, -0.1) is 0 Å². The average molecular weight is 298 g/mol. The molecule has 8 heteroatoms. The number of hydrogen-bond donors (Lipinski definition) is 1. The Morgan fingerprint density at radius 1 is 1.48 bits per heavy atom.